The van der Waals surface area contributed by atoms with Gasteiger partial charge < -0.3 is 10.2 Å². The van der Waals surface area contributed by atoms with E-state index in [1.54, 1.807) is 13.0 Å². The molecule has 0 aliphatic heterocycles. The predicted octanol–water partition coefficient (Wildman–Crippen LogP) is 1.92. The van der Waals surface area contributed by atoms with Crippen LogP contribution in [0.2, 0.25) is 0 Å². The normalized spacial score (nSPS) is 15.6. The Morgan fingerprint density at radius 1 is 1.38 bits per heavy atom. The van der Waals surface area contributed by atoms with E-state index in [-0.39, 0.29) is 5.56 Å². The molecule has 1 rings (SSSR count). The number of hydrogen-bond acceptors (Lipinski definition) is 2. The van der Waals surface area contributed by atoms with Gasteiger partial charge >= 0.3 is 11.9 Å². The predicted molar refractivity (Wildman–Crippen MR) is 53.3 cm³/mol. The number of halogens is 2. The van der Waals surface area contributed by atoms with Gasteiger partial charge in [-0.15, -0.1) is 0 Å². The van der Waals surface area contributed by atoms with E-state index in [0.717, 1.165) is 6.92 Å². The van der Waals surface area contributed by atoms with Crippen LogP contribution in [0.15, 0.2) is 24.3 Å². The van der Waals surface area contributed by atoms with Crippen molar-refractivity contribution >= 4 is 5.97 Å². The molecule has 0 aliphatic carbocycles. The first-order chi connectivity index (χ1) is 7.19. The molecule has 1 unspecified atom stereocenters. The van der Waals surface area contributed by atoms with Gasteiger partial charge in [-0.2, -0.15) is 8.78 Å². The molecule has 1 aromatic carbocycles. The maximum Gasteiger partial charge on any atom is 0.378 e. The number of carboxylic acid groups (broad SMARTS) is 1. The van der Waals surface area contributed by atoms with Crippen molar-refractivity contribution in [1.82, 2.24) is 0 Å². The van der Waals surface area contributed by atoms with Crippen LogP contribution >= 0.6 is 0 Å². The van der Waals surface area contributed by atoms with Crippen LogP contribution in [0.3, 0.4) is 0 Å². The number of benzene rings is 1. The van der Waals surface area contributed by atoms with Crippen LogP contribution in [0.1, 0.15) is 18.1 Å². The second-order valence-electron chi connectivity index (χ2n) is 3.82. The number of carbonyl (C=O) groups is 1. The maximum atomic E-state index is 13.3. The smallest absolute Gasteiger partial charge is 0.378 e. The molecule has 0 aliphatic rings. The number of carboxylic acids is 1. The zero-order valence-electron chi connectivity index (χ0n) is 8.87. The number of hydrogen-bond donors (Lipinski definition) is 2. The molecule has 1 atom stereocenters. The van der Waals surface area contributed by atoms with Gasteiger partial charge in [0.05, 0.1) is 0 Å². The Hall–Kier alpha value is -1.49. The van der Waals surface area contributed by atoms with Crippen molar-refractivity contribution in [3.8, 4) is 0 Å². The highest BCUT2D eigenvalue weighted by atomic mass is 19.3. The number of rotatable bonds is 3. The number of aliphatic carboxylic acids is 1. The van der Waals surface area contributed by atoms with Gasteiger partial charge in [0, 0.05) is 0 Å². The van der Waals surface area contributed by atoms with E-state index < -0.39 is 17.5 Å². The average Bonchev–Trinajstić information content (AvgIpc) is 2.17. The van der Waals surface area contributed by atoms with E-state index >= 15 is 0 Å². The van der Waals surface area contributed by atoms with Crippen molar-refractivity contribution in [1.29, 1.82) is 0 Å². The molecule has 0 saturated heterocycles. The molecule has 2 N–H and O–H groups in total. The maximum absolute atomic E-state index is 13.3. The summed E-state index contributed by atoms with van der Waals surface area (Å²) in [6, 6.07) is 5.75. The van der Waals surface area contributed by atoms with Gasteiger partial charge in [0.1, 0.15) is 0 Å². The van der Waals surface area contributed by atoms with Crippen molar-refractivity contribution in [2.75, 3.05) is 0 Å². The van der Waals surface area contributed by atoms with E-state index in [9.17, 15) is 18.7 Å². The molecule has 0 radical (unpaired) electrons. The summed E-state index contributed by atoms with van der Waals surface area (Å²) in [4.78, 5) is 10.4. The zero-order chi connectivity index (χ0) is 12.6. The molecular formula is C11H12F2O3. The third-order valence-corrected chi connectivity index (χ3v) is 2.46. The van der Waals surface area contributed by atoms with Crippen molar-refractivity contribution in [2.24, 2.45) is 0 Å². The van der Waals surface area contributed by atoms with E-state index in [1.165, 1.54) is 18.2 Å². The Kier molecular flexibility index (Phi) is 3.01. The quantitative estimate of drug-likeness (QED) is 0.834. The number of aliphatic hydroxyl groups is 1. The van der Waals surface area contributed by atoms with Gasteiger partial charge in [-0.05, 0) is 19.4 Å². The number of alkyl halides is 2. The third kappa shape index (κ3) is 1.90. The van der Waals surface area contributed by atoms with Gasteiger partial charge in [0.2, 0.25) is 0 Å². The van der Waals surface area contributed by atoms with E-state index in [4.69, 9.17) is 5.11 Å². The first-order valence-corrected chi connectivity index (χ1v) is 4.60. The van der Waals surface area contributed by atoms with E-state index in [1.807, 2.05) is 0 Å². The third-order valence-electron chi connectivity index (χ3n) is 2.46. The Balaban J connectivity index is 3.26. The largest absolute Gasteiger partial charge is 0.477 e. The van der Waals surface area contributed by atoms with Crippen molar-refractivity contribution in [3.63, 3.8) is 0 Å². The van der Waals surface area contributed by atoms with Crippen LogP contribution in [0.5, 0.6) is 0 Å². The molecule has 0 amide bonds. The first kappa shape index (κ1) is 12.6. The molecule has 1 aromatic rings. The Labute approximate surface area is 91.3 Å². The summed E-state index contributed by atoms with van der Waals surface area (Å²) in [6.07, 6.45) is 0. The monoisotopic (exact) mass is 230 g/mol. The van der Waals surface area contributed by atoms with E-state index in [0.29, 0.717) is 5.56 Å². The lowest BCUT2D eigenvalue weighted by atomic mass is 9.88. The fourth-order valence-electron chi connectivity index (χ4n) is 1.34. The minimum absolute atomic E-state index is 0.125. The van der Waals surface area contributed by atoms with Crippen LogP contribution in [0.25, 0.3) is 0 Å². The van der Waals surface area contributed by atoms with Crippen LogP contribution in [-0.2, 0) is 10.4 Å². The molecule has 16 heavy (non-hydrogen) atoms. The minimum Gasteiger partial charge on any atom is -0.477 e. The summed E-state index contributed by atoms with van der Waals surface area (Å²) in [7, 11) is 0. The van der Waals surface area contributed by atoms with Crippen LogP contribution < -0.4 is 0 Å². The molecule has 0 fully saturated rings. The van der Waals surface area contributed by atoms with Crippen molar-refractivity contribution < 1.29 is 23.8 Å². The highest BCUT2D eigenvalue weighted by molar-refractivity contribution is 5.77. The van der Waals surface area contributed by atoms with Gasteiger partial charge in [-0.25, -0.2) is 4.79 Å². The molecule has 5 heteroatoms. The lowest BCUT2D eigenvalue weighted by molar-refractivity contribution is -0.207. The summed E-state index contributed by atoms with van der Waals surface area (Å²) in [5, 5.41) is 18.1. The molecule has 0 heterocycles. The molecular weight excluding hydrogens is 218 g/mol. The van der Waals surface area contributed by atoms with Crippen LogP contribution in [0, 0.1) is 6.92 Å². The average molecular weight is 230 g/mol. The minimum atomic E-state index is -4.24. The van der Waals surface area contributed by atoms with E-state index in [2.05, 4.69) is 0 Å². The summed E-state index contributed by atoms with van der Waals surface area (Å²) in [5.74, 6) is -6.58. The van der Waals surface area contributed by atoms with Crippen molar-refractivity contribution in [2.45, 2.75) is 25.4 Å². The molecule has 88 valence electrons. The second-order valence-corrected chi connectivity index (χ2v) is 3.82. The molecule has 0 aromatic heterocycles. The number of aryl methyl sites for hydroxylation is 1. The fourth-order valence-corrected chi connectivity index (χ4v) is 1.34. The molecule has 0 spiro atoms. The van der Waals surface area contributed by atoms with Gasteiger partial charge in [0.15, 0.2) is 5.60 Å². The highest BCUT2D eigenvalue weighted by Gasteiger charge is 2.56. The zero-order valence-corrected chi connectivity index (χ0v) is 8.87. The Bertz CT molecular complexity index is 413. The molecule has 0 bridgehead atoms. The first-order valence-electron chi connectivity index (χ1n) is 4.60. The summed E-state index contributed by atoms with van der Waals surface area (Å²) >= 11 is 0. The van der Waals surface area contributed by atoms with Crippen LogP contribution in [-0.4, -0.2) is 22.1 Å². The second kappa shape index (κ2) is 3.83. The van der Waals surface area contributed by atoms with Gasteiger partial charge in [-0.1, -0.05) is 29.8 Å². The summed E-state index contributed by atoms with van der Waals surface area (Å²) in [5.41, 5.74) is -2.19. The SMILES string of the molecule is Cc1cccc(C(C)(O)C(F)(F)C(=O)O)c1. The fraction of sp³-hybridized carbons (Fsp3) is 0.364. The van der Waals surface area contributed by atoms with Crippen molar-refractivity contribution in [3.05, 3.63) is 35.4 Å². The lowest BCUT2D eigenvalue weighted by Gasteiger charge is -2.29. The summed E-state index contributed by atoms with van der Waals surface area (Å²) in [6.45, 7) is 2.45. The molecule has 3 nitrogen and oxygen atoms in total. The molecule has 0 saturated carbocycles. The highest BCUT2D eigenvalue weighted by Crippen LogP contribution is 2.37. The summed E-state index contributed by atoms with van der Waals surface area (Å²) < 4.78 is 26.6. The lowest BCUT2D eigenvalue weighted by Crippen LogP contribution is -2.48. The topological polar surface area (TPSA) is 57.5 Å². The van der Waals surface area contributed by atoms with Gasteiger partial charge in [-0.3, -0.25) is 0 Å². The Morgan fingerprint density at radius 2 is 1.94 bits per heavy atom. The van der Waals surface area contributed by atoms with Crippen LogP contribution in [0.4, 0.5) is 8.78 Å². The Morgan fingerprint density at radius 3 is 2.38 bits per heavy atom. The van der Waals surface area contributed by atoms with Gasteiger partial charge in [0.25, 0.3) is 0 Å². The standard InChI is InChI=1S/C11H12F2O3/c1-7-4-3-5-8(6-7)10(2,16)11(12,13)9(14)15/h3-6,16H,1-2H3,(H,14,15).